The van der Waals surface area contributed by atoms with Gasteiger partial charge in [0.15, 0.2) is 0 Å². The summed E-state index contributed by atoms with van der Waals surface area (Å²) in [6.45, 7) is 1.99. The monoisotopic (exact) mass is 580 g/mol. The summed E-state index contributed by atoms with van der Waals surface area (Å²) in [7, 11) is 1.56. The minimum atomic E-state index is -4.26. The minimum absolute atomic E-state index is 0.0558. The van der Waals surface area contributed by atoms with Gasteiger partial charge in [-0.25, -0.2) is 4.57 Å². The van der Waals surface area contributed by atoms with E-state index >= 15 is 0 Å². The van der Waals surface area contributed by atoms with Gasteiger partial charge in [0.2, 0.25) is 0 Å². The van der Waals surface area contributed by atoms with E-state index in [1.54, 1.807) is 0 Å². The van der Waals surface area contributed by atoms with E-state index in [1.165, 1.54) is 103 Å². The Kier molecular flexibility index (Phi) is 24.9. The van der Waals surface area contributed by atoms with Crippen LogP contribution in [0.1, 0.15) is 135 Å². The minimum Gasteiger partial charge on any atom is -0.457 e. The number of hydrogen-bond donors (Lipinski definition) is 2. The Bertz CT molecular complexity index is 613. The van der Waals surface area contributed by atoms with E-state index in [4.69, 9.17) is 13.8 Å². The van der Waals surface area contributed by atoms with Crippen molar-refractivity contribution in [3.63, 3.8) is 0 Å². The van der Waals surface area contributed by atoms with E-state index in [0.717, 1.165) is 19.3 Å². The molecule has 0 bridgehead atoms. The van der Waals surface area contributed by atoms with Crippen LogP contribution in [0.25, 0.3) is 0 Å². The number of quaternary nitrogens is 1. The van der Waals surface area contributed by atoms with Gasteiger partial charge in [-0.2, -0.15) is 0 Å². The molecule has 2 atom stereocenters. The summed E-state index contributed by atoms with van der Waals surface area (Å²) in [6.07, 6.45) is 23.9. The summed E-state index contributed by atoms with van der Waals surface area (Å²) in [5.74, 6) is -0.427. The van der Waals surface area contributed by atoms with Crippen molar-refractivity contribution >= 4 is 13.8 Å². The molecule has 234 valence electrons. The average molecular weight is 581 g/mol. The van der Waals surface area contributed by atoms with Crippen molar-refractivity contribution in [1.29, 1.82) is 0 Å². The maximum Gasteiger partial charge on any atom is 0.472 e. The maximum absolute atomic E-state index is 12.0. The standard InChI is InChI=1S/C30H62NO7P/c1-5-6-7-8-9-10-11-12-13-14-15-16-17-18-19-20-21-22-23-24-30(33)38-29(27-32)28-37-39(34,35)36-26-25-31(2,3)4/h29,32H,5-28H2,1-4H3/p+1/t29-/m0/s1. The summed E-state index contributed by atoms with van der Waals surface area (Å²) in [5, 5.41) is 9.42. The zero-order valence-corrected chi connectivity index (χ0v) is 26.8. The van der Waals surface area contributed by atoms with Crippen LogP contribution in [0.2, 0.25) is 0 Å². The van der Waals surface area contributed by atoms with Crippen molar-refractivity contribution < 1.29 is 37.6 Å². The molecule has 1 unspecified atom stereocenters. The number of phosphoric acid groups is 1. The number of likely N-dealkylation sites (N-methyl/N-ethyl adjacent to an activating group) is 1. The Hall–Kier alpha value is -0.500. The number of esters is 1. The van der Waals surface area contributed by atoms with Crippen LogP contribution >= 0.6 is 7.82 Å². The van der Waals surface area contributed by atoms with Gasteiger partial charge in [-0.05, 0) is 6.42 Å². The highest BCUT2D eigenvalue weighted by Gasteiger charge is 2.25. The van der Waals surface area contributed by atoms with Gasteiger partial charge >= 0.3 is 13.8 Å². The Morgan fingerprint density at radius 3 is 1.51 bits per heavy atom. The van der Waals surface area contributed by atoms with Crippen LogP contribution in [0.4, 0.5) is 0 Å². The highest BCUT2D eigenvalue weighted by Crippen LogP contribution is 2.43. The summed E-state index contributed by atoms with van der Waals surface area (Å²) < 4.78 is 27.5. The third-order valence-electron chi connectivity index (χ3n) is 6.93. The number of aliphatic hydroxyl groups is 1. The van der Waals surface area contributed by atoms with E-state index in [9.17, 15) is 19.4 Å². The lowest BCUT2D eigenvalue weighted by molar-refractivity contribution is -0.870. The van der Waals surface area contributed by atoms with Crippen molar-refractivity contribution in [3.05, 3.63) is 0 Å². The molecule has 0 rings (SSSR count). The molecular formula is C30H63NO7P+. The molecule has 2 N–H and O–H groups in total. The number of phosphoric ester groups is 1. The lowest BCUT2D eigenvalue weighted by Gasteiger charge is -2.24. The molecule has 0 fully saturated rings. The molecular weight excluding hydrogens is 517 g/mol. The number of carbonyl (C=O) groups excluding carboxylic acids is 1. The molecule has 9 heteroatoms. The lowest BCUT2D eigenvalue weighted by Crippen LogP contribution is -2.37. The Balaban J connectivity index is 3.57. The second kappa shape index (κ2) is 25.2. The smallest absolute Gasteiger partial charge is 0.457 e. The molecule has 0 amide bonds. The van der Waals surface area contributed by atoms with Crippen LogP contribution in [0.5, 0.6) is 0 Å². The van der Waals surface area contributed by atoms with E-state index in [-0.39, 0.29) is 19.6 Å². The van der Waals surface area contributed by atoms with Gasteiger partial charge < -0.3 is 19.2 Å². The number of unbranched alkanes of at least 4 members (excludes halogenated alkanes) is 18. The molecule has 0 aromatic heterocycles. The second-order valence-electron chi connectivity index (χ2n) is 12.0. The topological polar surface area (TPSA) is 102 Å². The van der Waals surface area contributed by atoms with Crippen molar-refractivity contribution in [2.75, 3.05) is 47.5 Å². The molecule has 0 saturated heterocycles. The van der Waals surface area contributed by atoms with Crippen molar-refractivity contribution in [1.82, 2.24) is 0 Å². The first-order chi connectivity index (χ1) is 18.6. The molecule has 0 saturated carbocycles. The van der Waals surface area contributed by atoms with E-state index in [0.29, 0.717) is 11.0 Å². The third kappa shape index (κ3) is 28.8. The summed E-state index contributed by atoms with van der Waals surface area (Å²) in [5.41, 5.74) is 0. The maximum atomic E-state index is 12.0. The predicted molar refractivity (Wildman–Crippen MR) is 160 cm³/mol. The van der Waals surface area contributed by atoms with Crippen molar-refractivity contribution in [2.24, 2.45) is 0 Å². The van der Waals surface area contributed by atoms with Crippen LogP contribution in [-0.4, -0.2) is 74.1 Å². The first kappa shape index (κ1) is 38.5. The molecule has 0 heterocycles. The summed E-state index contributed by atoms with van der Waals surface area (Å²) in [6, 6.07) is 0. The molecule has 0 aromatic carbocycles. The van der Waals surface area contributed by atoms with Gasteiger partial charge in [-0.1, -0.05) is 122 Å². The molecule has 8 nitrogen and oxygen atoms in total. The number of nitrogens with zero attached hydrogens (tertiary/aromatic N) is 1. The molecule has 0 radical (unpaired) electrons. The van der Waals surface area contributed by atoms with Crippen LogP contribution in [-0.2, 0) is 23.1 Å². The number of ether oxygens (including phenoxy) is 1. The molecule has 0 spiro atoms. The van der Waals surface area contributed by atoms with Crippen molar-refractivity contribution in [3.8, 4) is 0 Å². The largest absolute Gasteiger partial charge is 0.472 e. The molecule has 0 aliphatic heterocycles. The Morgan fingerprint density at radius 1 is 0.718 bits per heavy atom. The molecule has 0 aliphatic carbocycles. The van der Waals surface area contributed by atoms with E-state index < -0.39 is 26.5 Å². The second-order valence-corrected chi connectivity index (χ2v) is 13.5. The Morgan fingerprint density at radius 2 is 1.13 bits per heavy atom. The van der Waals surface area contributed by atoms with Gasteiger partial charge in [0.05, 0.1) is 34.4 Å². The number of carbonyl (C=O) groups is 1. The van der Waals surface area contributed by atoms with Gasteiger partial charge in [0, 0.05) is 6.42 Å². The first-order valence-corrected chi connectivity index (χ1v) is 17.3. The molecule has 0 aromatic rings. The predicted octanol–water partition coefficient (Wildman–Crippen LogP) is 7.55. The lowest BCUT2D eigenvalue weighted by atomic mass is 10.0. The zero-order valence-electron chi connectivity index (χ0n) is 25.9. The van der Waals surface area contributed by atoms with Crippen LogP contribution in [0, 0.1) is 0 Å². The van der Waals surface area contributed by atoms with Gasteiger partial charge in [-0.15, -0.1) is 0 Å². The highest BCUT2D eigenvalue weighted by atomic mass is 31.2. The Labute approximate surface area is 240 Å². The molecule has 39 heavy (non-hydrogen) atoms. The van der Waals surface area contributed by atoms with E-state index in [1.807, 2.05) is 21.1 Å². The van der Waals surface area contributed by atoms with Crippen LogP contribution in [0.3, 0.4) is 0 Å². The van der Waals surface area contributed by atoms with Gasteiger partial charge in [0.25, 0.3) is 0 Å². The van der Waals surface area contributed by atoms with Crippen LogP contribution in [0.15, 0.2) is 0 Å². The quantitative estimate of drug-likeness (QED) is 0.0407. The number of hydrogen-bond acceptors (Lipinski definition) is 6. The third-order valence-corrected chi connectivity index (χ3v) is 7.91. The van der Waals surface area contributed by atoms with E-state index in [2.05, 4.69) is 6.92 Å². The average Bonchev–Trinajstić information content (AvgIpc) is 2.87. The van der Waals surface area contributed by atoms with Crippen molar-refractivity contribution in [2.45, 2.75) is 141 Å². The van der Waals surface area contributed by atoms with Crippen LogP contribution < -0.4 is 0 Å². The summed E-state index contributed by atoms with van der Waals surface area (Å²) >= 11 is 0. The summed E-state index contributed by atoms with van der Waals surface area (Å²) in [4.78, 5) is 21.8. The van der Waals surface area contributed by atoms with Gasteiger partial charge in [0.1, 0.15) is 19.3 Å². The SMILES string of the molecule is CCCCCCCCCCCCCCCCCCCCCC(=O)O[C@@H](CO)COP(=O)(O)OCC[N+](C)(C)C. The first-order valence-electron chi connectivity index (χ1n) is 15.8. The number of rotatable bonds is 29. The fourth-order valence-electron chi connectivity index (χ4n) is 4.36. The zero-order chi connectivity index (χ0) is 29.2. The highest BCUT2D eigenvalue weighted by molar-refractivity contribution is 7.47. The van der Waals surface area contributed by atoms with Gasteiger partial charge in [-0.3, -0.25) is 13.8 Å². The fourth-order valence-corrected chi connectivity index (χ4v) is 5.10. The normalized spacial score (nSPS) is 14.3. The fraction of sp³-hybridized carbons (Fsp3) is 0.967. The molecule has 0 aliphatic rings. The number of aliphatic hydroxyl groups excluding tert-OH is 1.